The number of benzene rings is 2. The van der Waals surface area contributed by atoms with E-state index >= 15 is 0 Å². The van der Waals surface area contributed by atoms with Gasteiger partial charge in [0.1, 0.15) is 0 Å². The first-order valence-corrected chi connectivity index (χ1v) is 6.83. The van der Waals surface area contributed by atoms with E-state index in [2.05, 4.69) is 21.4 Å². The van der Waals surface area contributed by atoms with Gasteiger partial charge in [-0.05, 0) is 35.7 Å². The average molecular weight is 326 g/mol. The van der Waals surface area contributed by atoms with Crippen molar-refractivity contribution < 1.29 is 0 Å². The maximum atomic E-state index is 6.16. The lowest BCUT2D eigenvalue weighted by atomic mass is 9.99. The van der Waals surface area contributed by atoms with E-state index in [0.717, 1.165) is 27.0 Å². The summed E-state index contributed by atoms with van der Waals surface area (Å²) in [5.74, 6) is 5.64. The number of hydrazine groups is 1. The zero-order valence-electron chi connectivity index (χ0n) is 9.74. The van der Waals surface area contributed by atoms with Crippen molar-refractivity contribution in [2.75, 3.05) is 0 Å². The maximum absolute atomic E-state index is 6.16. The largest absolute Gasteiger partial charge is 0.271 e. The van der Waals surface area contributed by atoms with Gasteiger partial charge in [-0.3, -0.25) is 11.3 Å². The molecule has 0 radical (unpaired) electrons. The Morgan fingerprint density at radius 1 is 1.11 bits per heavy atom. The predicted molar refractivity (Wildman–Crippen MR) is 79.4 cm³/mol. The average Bonchev–Trinajstić information content (AvgIpc) is 2.39. The van der Waals surface area contributed by atoms with Gasteiger partial charge in [0.2, 0.25) is 0 Å². The summed E-state index contributed by atoms with van der Waals surface area (Å²) in [5, 5.41) is 0.773. The van der Waals surface area contributed by atoms with Crippen molar-refractivity contribution in [2.45, 2.75) is 12.5 Å². The molecule has 0 aliphatic heterocycles. The molecule has 0 aliphatic carbocycles. The van der Waals surface area contributed by atoms with E-state index in [1.54, 1.807) is 0 Å². The van der Waals surface area contributed by atoms with Crippen LogP contribution in [0.4, 0.5) is 0 Å². The Hall–Kier alpha value is -0.870. The van der Waals surface area contributed by atoms with Crippen molar-refractivity contribution in [3.8, 4) is 0 Å². The second kappa shape index (κ2) is 6.34. The summed E-state index contributed by atoms with van der Waals surface area (Å²) in [6, 6.07) is 16.0. The summed E-state index contributed by atoms with van der Waals surface area (Å²) >= 11 is 9.58. The van der Waals surface area contributed by atoms with Gasteiger partial charge in [-0.15, -0.1) is 0 Å². The van der Waals surface area contributed by atoms with Crippen molar-refractivity contribution in [3.63, 3.8) is 0 Å². The Morgan fingerprint density at radius 2 is 1.78 bits per heavy atom. The predicted octanol–water partition coefficient (Wildman–Crippen LogP) is 3.85. The summed E-state index contributed by atoms with van der Waals surface area (Å²) in [6.07, 6.45) is 0.762. The fourth-order valence-corrected chi connectivity index (χ4v) is 2.33. The van der Waals surface area contributed by atoms with E-state index in [1.807, 2.05) is 48.5 Å². The fraction of sp³-hybridized carbons (Fsp3) is 0.143. The second-order valence-electron chi connectivity index (χ2n) is 4.07. The first kappa shape index (κ1) is 13.6. The number of nitrogens with two attached hydrogens (primary N) is 1. The van der Waals surface area contributed by atoms with Crippen LogP contribution in [0, 0.1) is 0 Å². The van der Waals surface area contributed by atoms with E-state index in [1.165, 1.54) is 0 Å². The number of rotatable bonds is 4. The maximum Gasteiger partial charge on any atom is 0.0500 e. The summed E-state index contributed by atoms with van der Waals surface area (Å²) in [4.78, 5) is 0. The van der Waals surface area contributed by atoms with Crippen molar-refractivity contribution in [3.05, 3.63) is 69.2 Å². The van der Waals surface area contributed by atoms with Gasteiger partial charge in [-0.1, -0.05) is 57.9 Å². The minimum Gasteiger partial charge on any atom is -0.271 e. The van der Waals surface area contributed by atoms with Crippen LogP contribution in [0.15, 0.2) is 53.0 Å². The monoisotopic (exact) mass is 324 g/mol. The molecule has 0 bridgehead atoms. The highest BCUT2D eigenvalue weighted by Crippen LogP contribution is 2.24. The zero-order valence-corrected chi connectivity index (χ0v) is 12.1. The van der Waals surface area contributed by atoms with Crippen molar-refractivity contribution in [1.82, 2.24) is 5.43 Å². The van der Waals surface area contributed by atoms with Crippen LogP contribution in [0.3, 0.4) is 0 Å². The first-order chi connectivity index (χ1) is 8.70. The molecule has 2 rings (SSSR count). The normalized spacial score (nSPS) is 12.4. The van der Waals surface area contributed by atoms with Gasteiger partial charge < -0.3 is 0 Å². The number of nitrogens with one attached hydrogen (secondary N) is 1. The molecule has 0 aliphatic rings. The lowest BCUT2D eigenvalue weighted by Gasteiger charge is -2.17. The third-order valence-electron chi connectivity index (χ3n) is 2.86. The SMILES string of the molecule is NNC(Cc1ccccc1Cl)c1ccc(Br)cc1. The Bertz CT molecular complexity index is 513. The molecule has 1 atom stereocenters. The van der Waals surface area contributed by atoms with Crippen LogP contribution >= 0.6 is 27.5 Å². The van der Waals surface area contributed by atoms with Crippen LogP contribution < -0.4 is 11.3 Å². The van der Waals surface area contributed by atoms with E-state index in [0.29, 0.717) is 0 Å². The molecule has 2 aromatic rings. The Labute approximate surface area is 120 Å². The summed E-state index contributed by atoms with van der Waals surface area (Å²) < 4.78 is 1.06. The van der Waals surface area contributed by atoms with Gasteiger partial charge >= 0.3 is 0 Å². The third-order valence-corrected chi connectivity index (χ3v) is 3.75. The second-order valence-corrected chi connectivity index (χ2v) is 5.39. The van der Waals surface area contributed by atoms with Crippen LogP contribution in [-0.2, 0) is 6.42 Å². The quantitative estimate of drug-likeness (QED) is 0.662. The van der Waals surface area contributed by atoms with Crippen molar-refractivity contribution in [2.24, 2.45) is 5.84 Å². The molecule has 0 amide bonds. The number of hydrogen-bond acceptors (Lipinski definition) is 2. The smallest absolute Gasteiger partial charge is 0.0500 e. The minimum absolute atomic E-state index is 0.0537. The lowest BCUT2D eigenvalue weighted by Crippen LogP contribution is -2.29. The molecule has 0 heterocycles. The van der Waals surface area contributed by atoms with Crippen LogP contribution in [0.2, 0.25) is 5.02 Å². The summed E-state index contributed by atoms with van der Waals surface area (Å²) in [6.45, 7) is 0. The van der Waals surface area contributed by atoms with Crippen molar-refractivity contribution in [1.29, 1.82) is 0 Å². The van der Waals surface area contributed by atoms with Gasteiger partial charge in [-0.25, -0.2) is 0 Å². The molecule has 3 N–H and O–H groups in total. The molecule has 2 nitrogen and oxygen atoms in total. The number of hydrogen-bond donors (Lipinski definition) is 2. The molecule has 18 heavy (non-hydrogen) atoms. The molecule has 0 saturated heterocycles. The fourth-order valence-electron chi connectivity index (χ4n) is 1.85. The highest BCUT2D eigenvalue weighted by Gasteiger charge is 2.12. The Morgan fingerprint density at radius 3 is 2.39 bits per heavy atom. The molecule has 94 valence electrons. The van der Waals surface area contributed by atoms with Gasteiger partial charge in [0.15, 0.2) is 0 Å². The minimum atomic E-state index is 0.0537. The molecule has 0 fully saturated rings. The van der Waals surface area contributed by atoms with Crippen molar-refractivity contribution >= 4 is 27.5 Å². The van der Waals surface area contributed by atoms with Crippen LogP contribution in [0.25, 0.3) is 0 Å². The molecule has 2 aromatic carbocycles. The lowest BCUT2D eigenvalue weighted by molar-refractivity contribution is 0.552. The molecule has 4 heteroatoms. The summed E-state index contributed by atoms with van der Waals surface area (Å²) in [5.41, 5.74) is 5.07. The topological polar surface area (TPSA) is 38.0 Å². The summed E-state index contributed by atoms with van der Waals surface area (Å²) in [7, 11) is 0. The van der Waals surface area contributed by atoms with Crippen LogP contribution in [0.1, 0.15) is 17.2 Å². The van der Waals surface area contributed by atoms with E-state index in [9.17, 15) is 0 Å². The zero-order chi connectivity index (χ0) is 13.0. The van der Waals surface area contributed by atoms with Gasteiger partial charge in [0, 0.05) is 9.50 Å². The van der Waals surface area contributed by atoms with Crippen LogP contribution in [0.5, 0.6) is 0 Å². The highest BCUT2D eigenvalue weighted by atomic mass is 79.9. The molecule has 0 spiro atoms. The molecule has 0 saturated carbocycles. The molecule has 1 unspecified atom stereocenters. The van der Waals surface area contributed by atoms with E-state index in [4.69, 9.17) is 17.4 Å². The molecule has 0 aromatic heterocycles. The molecular weight excluding hydrogens is 312 g/mol. The first-order valence-electron chi connectivity index (χ1n) is 5.65. The van der Waals surface area contributed by atoms with Gasteiger partial charge in [-0.2, -0.15) is 0 Å². The third kappa shape index (κ3) is 3.33. The molecular formula is C14H14BrClN2. The van der Waals surface area contributed by atoms with Crippen LogP contribution in [-0.4, -0.2) is 0 Å². The Balaban J connectivity index is 2.20. The van der Waals surface area contributed by atoms with Gasteiger partial charge in [0.05, 0.1) is 6.04 Å². The Kier molecular flexibility index (Phi) is 4.78. The van der Waals surface area contributed by atoms with Gasteiger partial charge in [0.25, 0.3) is 0 Å². The standard InChI is InChI=1S/C14H14BrClN2/c15-12-7-5-10(6-8-12)14(18-17)9-11-3-1-2-4-13(11)16/h1-8,14,18H,9,17H2. The van der Waals surface area contributed by atoms with E-state index in [-0.39, 0.29) is 6.04 Å². The number of halogens is 2. The van der Waals surface area contributed by atoms with E-state index < -0.39 is 0 Å². The highest BCUT2D eigenvalue weighted by molar-refractivity contribution is 9.10.